The van der Waals surface area contributed by atoms with E-state index in [0.717, 1.165) is 44.1 Å². The van der Waals surface area contributed by atoms with Crippen molar-refractivity contribution >= 4 is 5.97 Å². The Kier molecular flexibility index (Phi) is 3.50. The molecule has 0 atom stereocenters. The van der Waals surface area contributed by atoms with Gasteiger partial charge in [-0.05, 0) is 31.2 Å². The first-order chi connectivity index (χ1) is 8.12. The number of carbonyl (C=O) groups is 1. The molecule has 0 unspecified atom stereocenters. The summed E-state index contributed by atoms with van der Waals surface area (Å²) in [6, 6.07) is 0. The van der Waals surface area contributed by atoms with Crippen LogP contribution in [0.5, 0.6) is 0 Å². The second-order valence-corrected chi connectivity index (χ2v) is 5.17. The van der Waals surface area contributed by atoms with Gasteiger partial charge in [-0.25, -0.2) is 0 Å². The third kappa shape index (κ3) is 2.68. The number of nitrogens with zero attached hydrogens (tertiary/aromatic N) is 2. The third-order valence-corrected chi connectivity index (χ3v) is 3.91. The maximum Gasteiger partial charge on any atom is 0.309 e. The van der Waals surface area contributed by atoms with Gasteiger partial charge in [0.2, 0.25) is 0 Å². The van der Waals surface area contributed by atoms with Crippen molar-refractivity contribution in [2.24, 2.45) is 12.5 Å². The third-order valence-electron chi connectivity index (χ3n) is 3.91. The number of rotatable bonds is 4. The van der Waals surface area contributed by atoms with Crippen LogP contribution in [0.1, 0.15) is 44.1 Å². The molecule has 1 heterocycles. The van der Waals surface area contributed by atoms with Crippen LogP contribution in [0.25, 0.3) is 0 Å². The number of carboxylic acids is 1. The lowest BCUT2D eigenvalue weighted by atomic mass is 9.71. The summed E-state index contributed by atoms with van der Waals surface area (Å²) in [5, 5.41) is 13.6. The first-order valence-electron chi connectivity index (χ1n) is 6.33. The van der Waals surface area contributed by atoms with Crippen molar-refractivity contribution in [1.82, 2.24) is 9.78 Å². The summed E-state index contributed by atoms with van der Waals surface area (Å²) in [6.45, 7) is 0. The lowest BCUT2D eigenvalue weighted by Gasteiger charge is -2.33. The molecule has 1 fully saturated rings. The zero-order chi connectivity index (χ0) is 12.3. The van der Waals surface area contributed by atoms with E-state index < -0.39 is 11.4 Å². The highest BCUT2D eigenvalue weighted by atomic mass is 16.4. The zero-order valence-corrected chi connectivity index (χ0v) is 10.4. The summed E-state index contributed by atoms with van der Waals surface area (Å²) in [6.07, 6.45) is 10.3. The molecule has 0 aliphatic heterocycles. The van der Waals surface area contributed by atoms with Gasteiger partial charge in [0.1, 0.15) is 0 Å². The van der Waals surface area contributed by atoms with E-state index in [9.17, 15) is 9.90 Å². The van der Waals surface area contributed by atoms with Crippen molar-refractivity contribution < 1.29 is 9.90 Å². The fourth-order valence-corrected chi connectivity index (χ4v) is 2.78. The Bertz CT molecular complexity index is 392. The molecule has 1 N–H and O–H groups in total. The van der Waals surface area contributed by atoms with Gasteiger partial charge in [-0.3, -0.25) is 9.48 Å². The fourth-order valence-electron chi connectivity index (χ4n) is 2.78. The minimum Gasteiger partial charge on any atom is -0.481 e. The van der Waals surface area contributed by atoms with E-state index in [-0.39, 0.29) is 0 Å². The largest absolute Gasteiger partial charge is 0.481 e. The Labute approximate surface area is 102 Å². The van der Waals surface area contributed by atoms with Crippen LogP contribution in [0.4, 0.5) is 0 Å². The van der Waals surface area contributed by atoms with Crippen LogP contribution in [0.3, 0.4) is 0 Å². The van der Waals surface area contributed by atoms with E-state index in [0.29, 0.717) is 0 Å². The molecule has 1 saturated carbocycles. The molecule has 0 spiro atoms. The normalized spacial score (nSPS) is 19.1. The molecule has 0 aromatic carbocycles. The molecule has 94 valence electrons. The predicted octanol–water partition coefficient (Wildman–Crippen LogP) is 2.39. The van der Waals surface area contributed by atoms with Gasteiger partial charge in [0.25, 0.3) is 0 Å². The van der Waals surface area contributed by atoms with Crippen molar-refractivity contribution in [2.75, 3.05) is 0 Å². The first kappa shape index (κ1) is 12.1. The van der Waals surface area contributed by atoms with Crippen molar-refractivity contribution in [1.29, 1.82) is 0 Å². The number of hydrogen-bond acceptors (Lipinski definition) is 2. The van der Waals surface area contributed by atoms with Crippen molar-refractivity contribution in [2.45, 2.75) is 44.9 Å². The van der Waals surface area contributed by atoms with Crippen LogP contribution < -0.4 is 0 Å². The fraction of sp³-hybridized carbons (Fsp3) is 0.692. The number of carboxylic acid groups (broad SMARTS) is 1. The van der Waals surface area contributed by atoms with Gasteiger partial charge in [-0.1, -0.05) is 19.3 Å². The van der Waals surface area contributed by atoms with Crippen LogP contribution in [0.2, 0.25) is 0 Å². The molecule has 4 heteroatoms. The second-order valence-electron chi connectivity index (χ2n) is 5.17. The SMILES string of the molecule is Cn1cc(CCC2(C(=O)O)CCCCC2)cn1. The van der Waals surface area contributed by atoms with E-state index in [1.807, 2.05) is 19.4 Å². The molecular formula is C13H20N2O2. The maximum atomic E-state index is 11.5. The lowest BCUT2D eigenvalue weighted by molar-refractivity contribution is -0.151. The van der Waals surface area contributed by atoms with Gasteiger partial charge in [0, 0.05) is 13.2 Å². The second kappa shape index (κ2) is 4.90. The predicted molar refractivity (Wildman–Crippen MR) is 64.7 cm³/mol. The quantitative estimate of drug-likeness (QED) is 0.873. The summed E-state index contributed by atoms with van der Waals surface area (Å²) in [7, 11) is 1.89. The van der Waals surface area contributed by atoms with Gasteiger partial charge in [-0.15, -0.1) is 0 Å². The van der Waals surface area contributed by atoms with E-state index in [1.165, 1.54) is 6.42 Å². The number of hydrogen-bond donors (Lipinski definition) is 1. The molecule has 1 aromatic heterocycles. The van der Waals surface area contributed by atoms with E-state index >= 15 is 0 Å². The van der Waals surface area contributed by atoms with Crippen LogP contribution in [-0.2, 0) is 18.3 Å². The average Bonchev–Trinajstić information content (AvgIpc) is 2.74. The summed E-state index contributed by atoms with van der Waals surface area (Å²) in [5.41, 5.74) is 0.660. The zero-order valence-electron chi connectivity index (χ0n) is 10.4. The van der Waals surface area contributed by atoms with E-state index in [1.54, 1.807) is 4.68 Å². The molecule has 0 radical (unpaired) electrons. The minimum atomic E-state index is -0.610. The van der Waals surface area contributed by atoms with Crippen LogP contribution in [0.15, 0.2) is 12.4 Å². The van der Waals surface area contributed by atoms with Gasteiger partial charge < -0.3 is 5.11 Å². The van der Waals surface area contributed by atoms with E-state index in [4.69, 9.17) is 0 Å². The molecule has 0 saturated heterocycles. The highest BCUT2D eigenvalue weighted by Gasteiger charge is 2.38. The Balaban J connectivity index is 2.00. The molecule has 1 aliphatic rings. The standard InChI is InChI=1S/C13H20N2O2/c1-15-10-11(9-14-15)5-8-13(12(16)17)6-3-2-4-7-13/h9-10H,2-8H2,1H3,(H,16,17). The highest BCUT2D eigenvalue weighted by Crippen LogP contribution is 2.40. The molecule has 1 aliphatic carbocycles. The summed E-state index contributed by atoms with van der Waals surface area (Å²) >= 11 is 0. The van der Waals surface area contributed by atoms with E-state index in [2.05, 4.69) is 5.10 Å². The Hall–Kier alpha value is -1.32. The average molecular weight is 236 g/mol. The van der Waals surface area contributed by atoms with Crippen molar-refractivity contribution in [3.8, 4) is 0 Å². The van der Waals surface area contributed by atoms with Crippen LogP contribution in [-0.4, -0.2) is 20.9 Å². The molecular weight excluding hydrogens is 216 g/mol. The van der Waals surface area contributed by atoms with Crippen LogP contribution >= 0.6 is 0 Å². The van der Waals surface area contributed by atoms with Gasteiger partial charge >= 0.3 is 5.97 Å². The topological polar surface area (TPSA) is 55.1 Å². The molecule has 17 heavy (non-hydrogen) atoms. The van der Waals surface area contributed by atoms with Gasteiger partial charge in [-0.2, -0.15) is 5.10 Å². The smallest absolute Gasteiger partial charge is 0.309 e. The summed E-state index contributed by atoms with van der Waals surface area (Å²) < 4.78 is 1.77. The molecule has 4 nitrogen and oxygen atoms in total. The minimum absolute atomic E-state index is 0.478. The number of aliphatic carboxylic acids is 1. The molecule has 0 bridgehead atoms. The molecule has 1 aromatic rings. The van der Waals surface area contributed by atoms with Crippen molar-refractivity contribution in [3.63, 3.8) is 0 Å². The lowest BCUT2D eigenvalue weighted by Crippen LogP contribution is -2.33. The monoisotopic (exact) mass is 236 g/mol. The summed E-state index contributed by atoms with van der Waals surface area (Å²) in [4.78, 5) is 11.5. The maximum absolute atomic E-state index is 11.5. The van der Waals surface area contributed by atoms with Crippen LogP contribution in [0, 0.1) is 5.41 Å². The van der Waals surface area contributed by atoms with Gasteiger partial charge in [0.05, 0.1) is 11.6 Å². The molecule has 2 rings (SSSR count). The first-order valence-corrected chi connectivity index (χ1v) is 6.33. The van der Waals surface area contributed by atoms with Crippen molar-refractivity contribution in [3.05, 3.63) is 18.0 Å². The Morgan fingerprint density at radius 2 is 2.18 bits per heavy atom. The molecule has 0 amide bonds. The number of aromatic nitrogens is 2. The van der Waals surface area contributed by atoms with Gasteiger partial charge in [0.15, 0.2) is 0 Å². The Morgan fingerprint density at radius 3 is 2.71 bits per heavy atom. The number of aryl methyl sites for hydroxylation is 2. The highest BCUT2D eigenvalue weighted by molar-refractivity contribution is 5.74. The summed E-state index contributed by atoms with van der Waals surface area (Å²) in [5.74, 6) is -0.610. The Morgan fingerprint density at radius 1 is 1.47 bits per heavy atom.